The number of hydrogen-bond acceptors (Lipinski definition) is 2. The topological polar surface area (TPSA) is 46.2 Å². The first-order valence-electron chi connectivity index (χ1n) is 3.25. The molecule has 0 atom stereocenters. The first-order chi connectivity index (χ1) is 5.56. The van der Waals surface area contributed by atoms with Crippen LogP contribution in [-0.4, -0.2) is 15.5 Å². The SMILES string of the molecule is CNS(=O)(=O)c1ccc(Br)cc1. The maximum Gasteiger partial charge on any atom is 0.240 e. The molecule has 0 saturated heterocycles. The van der Waals surface area contributed by atoms with E-state index in [1.807, 2.05) is 0 Å². The van der Waals surface area contributed by atoms with E-state index in [1.54, 1.807) is 12.1 Å². The lowest BCUT2D eigenvalue weighted by molar-refractivity contribution is 0.588. The molecule has 5 heteroatoms. The second-order valence-corrected chi connectivity index (χ2v) is 4.96. The molecule has 1 N–H and O–H groups in total. The van der Waals surface area contributed by atoms with Crippen LogP contribution in [-0.2, 0) is 10.0 Å². The Hall–Kier alpha value is -0.390. The van der Waals surface area contributed by atoms with E-state index < -0.39 is 10.0 Å². The van der Waals surface area contributed by atoms with Crippen molar-refractivity contribution >= 4 is 26.0 Å². The maximum absolute atomic E-state index is 11.2. The van der Waals surface area contributed by atoms with Crippen molar-refractivity contribution in [2.24, 2.45) is 0 Å². The molecule has 0 fully saturated rings. The fraction of sp³-hybridized carbons (Fsp3) is 0.143. The number of benzene rings is 1. The quantitative estimate of drug-likeness (QED) is 0.861. The fourth-order valence-electron chi connectivity index (χ4n) is 0.732. The highest BCUT2D eigenvalue weighted by molar-refractivity contribution is 9.10. The Kier molecular flexibility index (Phi) is 2.87. The van der Waals surface area contributed by atoms with E-state index in [-0.39, 0.29) is 4.90 Å². The van der Waals surface area contributed by atoms with Crippen LogP contribution in [0.2, 0.25) is 0 Å². The zero-order chi connectivity index (χ0) is 9.19. The van der Waals surface area contributed by atoms with Crippen molar-refractivity contribution < 1.29 is 8.42 Å². The molecule has 1 aromatic carbocycles. The van der Waals surface area contributed by atoms with E-state index in [0.717, 1.165) is 4.47 Å². The summed E-state index contributed by atoms with van der Waals surface area (Å²) in [7, 11) is -1.90. The normalized spacial score (nSPS) is 11.5. The highest BCUT2D eigenvalue weighted by Crippen LogP contribution is 2.13. The van der Waals surface area contributed by atoms with Crippen LogP contribution in [0.3, 0.4) is 0 Å². The van der Waals surface area contributed by atoms with Crippen molar-refractivity contribution in [1.29, 1.82) is 0 Å². The zero-order valence-corrected chi connectivity index (χ0v) is 8.81. The second-order valence-electron chi connectivity index (χ2n) is 2.16. The summed E-state index contributed by atoms with van der Waals surface area (Å²) < 4.78 is 25.5. The lowest BCUT2D eigenvalue weighted by Gasteiger charge is -2.00. The molecule has 12 heavy (non-hydrogen) atoms. The Bertz CT molecular complexity index is 357. The molecule has 0 saturated carbocycles. The molecule has 0 aliphatic heterocycles. The van der Waals surface area contributed by atoms with E-state index in [0.29, 0.717) is 0 Å². The third kappa shape index (κ3) is 2.06. The molecule has 0 aromatic heterocycles. The molecule has 1 aromatic rings. The largest absolute Gasteiger partial charge is 0.240 e. The number of nitrogens with one attached hydrogen (secondary N) is 1. The van der Waals surface area contributed by atoms with Gasteiger partial charge in [0, 0.05) is 4.47 Å². The number of hydrogen-bond donors (Lipinski definition) is 1. The summed E-state index contributed by atoms with van der Waals surface area (Å²) in [4.78, 5) is 0.271. The number of halogens is 1. The molecular formula is C7H8BrNO2S. The average molecular weight is 250 g/mol. The monoisotopic (exact) mass is 249 g/mol. The van der Waals surface area contributed by atoms with Gasteiger partial charge in [-0.15, -0.1) is 0 Å². The minimum atomic E-state index is -3.29. The van der Waals surface area contributed by atoms with Crippen molar-refractivity contribution in [2.75, 3.05) is 7.05 Å². The Morgan fingerprint density at radius 2 is 1.75 bits per heavy atom. The van der Waals surface area contributed by atoms with Crippen LogP contribution in [0.1, 0.15) is 0 Å². The molecule has 0 aliphatic rings. The predicted molar refractivity (Wildman–Crippen MR) is 50.4 cm³/mol. The van der Waals surface area contributed by atoms with Gasteiger partial charge < -0.3 is 0 Å². The minimum absolute atomic E-state index is 0.271. The van der Waals surface area contributed by atoms with Gasteiger partial charge in [-0.3, -0.25) is 0 Å². The van der Waals surface area contributed by atoms with Gasteiger partial charge in [-0.25, -0.2) is 13.1 Å². The smallest absolute Gasteiger partial charge is 0.214 e. The molecule has 0 radical (unpaired) electrons. The third-order valence-electron chi connectivity index (χ3n) is 1.39. The van der Waals surface area contributed by atoms with Crippen LogP contribution in [0.15, 0.2) is 33.6 Å². The molecule has 66 valence electrons. The van der Waals surface area contributed by atoms with Gasteiger partial charge in [0.05, 0.1) is 4.90 Å². The van der Waals surface area contributed by atoms with Crippen molar-refractivity contribution in [2.45, 2.75) is 4.90 Å². The van der Waals surface area contributed by atoms with Crippen LogP contribution >= 0.6 is 15.9 Å². The minimum Gasteiger partial charge on any atom is -0.214 e. The summed E-state index contributed by atoms with van der Waals surface area (Å²) in [6, 6.07) is 6.44. The zero-order valence-electron chi connectivity index (χ0n) is 6.41. The number of sulfonamides is 1. The molecule has 0 spiro atoms. The van der Waals surface area contributed by atoms with Gasteiger partial charge in [0.2, 0.25) is 10.0 Å². The maximum atomic E-state index is 11.2. The van der Waals surface area contributed by atoms with Crippen LogP contribution in [0.4, 0.5) is 0 Å². The predicted octanol–water partition coefficient (Wildman–Crippen LogP) is 1.36. The van der Waals surface area contributed by atoms with E-state index in [1.165, 1.54) is 19.2 Å². The van der Waals surface area contributed by atoms with Gasteiger partial charge in [0.15, 0.2) is 0 Å². The molecule has 0 bridgehead atoms. The summed E-state index contributed by atoms with van der Waals surface area (Å²) in [5, 5.41) is 0. The van der Waals surface area contributed by atoms with Gasteiger partial charge in [-0.2, -0.15) is 0 Å². The van der Waals surface area contributed by atoms with Crippen LogP contribution in [0, 0.1) is 0 Å². The van der Waals surface area contributed by atoms with E-state index in [9.17, 15) is 8.42 Å². The first kappa shape index (κ1) is 9.70. The summed E-state index contributed by atoms with van der Waals surface area (Å²) in [6.07, 6.45) is 0. The molecule has 0 amide bonds. The highest BCUT2D eigenvalue weighted by Gasteiger charge is 2.09. The second kappa shape index (κ2) is 3.55. The van der Waals surface area contributed by atoms with Crippen molar-refractivity contribution in [3.05, 3.63) is 28.7 Å². The van der Waals surface area contributed by atoms with Crippen LogP contribution < -0.4 is 4.72 Å². The Balaban J connectivity index is 3.14. The average Bonchev–Trinajstić information content (AvgIpc) is 2.05. The van der Waals surface area contributed by atoms with Crippen molar-refractivity contribution in [3.63, 3.8) is 0 Å². The van der Waals surface area contributed by atoms with Gasteiger partial charge in [0.1, 0.15) is 0 Å². The standard InChI is InChI=1S/C7H8BrNO2S/c1-9-12(10,11)7-4-2-6(8)3-5-7/h2-5,9H,1H3. The van der Waals surface area contributed by atoms with Gasteiger partial charge >= 0.3 is 0 Å². The van der Waals surface area contributed by atoms with Crippen molar-refractivity contribution in [1.82, 2.24) is 4.72 Å². The Labute approximate surface area is 80.0 Å². The van der Waals surface area contributed by atoms with Crippen LogP contribution in [0.5, 0.6) is 0 Å². The van der Waals surface area contributed by atoms with E-state index in [2.05, 4.69) is 20.7 Å². The third-order valence-corrected chi connectivity index (χ3v) is 3.35. The first-order valence-corrected chi connectivity index (χ1v) is 5.53. The highest BCUT2D eigenvalue weighted by atomic mass is 79.9. The summed E-state index contributed by atoms with van der Waals surface area (Å²) in [5.41, 5.74) is 0. The summed E-state index contributed by atoms with van der Waals surface area (Å²) >= 11 is 3.22. The summed E-state index contributed by atoms with van der Waals surface area (Å²) in [6.45, 7) is 0. The lowest BCUT2D eigenvalue weighted by atomic mass is 10.4. The van der Waals surface area contributed by atoms with Crippen LogP contribution in [0.25, 0.3) is 0 Å². The fourth-order valence-corrected chi connectivity index (χ4v) is 1.73. The van der Waals surface area contributed by atoms with Gasteiger partial charge in [0.25, 0.3) is 0 Å². The molecular weight excluding hydrogens is 242 g/mol. The van der Waals surface area contributed by atoms with E-state index in [4.69, 9.17) is 0 Å². The number of rotatable bonds is 2. The molecule has 3 nitrogen and oxygen atoms in total. The lowest BCUT2D eigenvalue weighted by Crippen LogP contribution is -2.18. The van der Waals surface area contributed by atoms with E-state index >= 15 is 0 Å². The molecule has 0 heterocycles. The van der Waals surface area contributed by atoms with Gasteiger partial charge in [-0.1, -0.05) is 15.9 Å². The van der Waals surface area contributed by atoms with Gasteiger partial charge in [-0.05, 0) is 31.3 Å². The molecule has 1 rings (SSSR count). The Morgan fingerprint density at radius 3 is 2.17 bits per heavy atom. The molecule has 0 aliphatic carbocycles. The van der Waals surface area contributed by atoms with Crippen molar-refractivity contribution in [3.8, 4) is 0 Å². The Morgan fingerprint density at radius 1 is 1.25 bits per heavy atom. The molecule has 0 unspecified atom stereocenters. The summed E-state index contributed by atoms with van der Waals surface area (Å²) in [5.74, 6) is 0.